The summed E-state index contributed by atoms with van der Waals surface area (Å²) in [6.07, 6.45) is 0. The minimum absolute atomic E-state index is 1.03. The fraction of sp³-hybridized carbons (Fsp3) is 0.462. The number of hydrogen-bond acceptors (Lipinski definition) is 2. The fourth-order valence-corrected chi connectivity index (χ4v) is 4.23. The Morgan fingerprint density at radius 3 is 1.21 bits per heavy atom. The van der Waals surface area contributed by atoms with E-state index in [1.165, 1.54) is 44.8 Å². The Bertz CT molecular complexity index is 770. The van der Waals surface area contributed by atoms with Gasteiger partial charge >= 0.3 is 0 Å². The largest absolute Gasteiger partial charge is 0.372 e. The molecule has 0 saturated carbocycles. The predicted molar refractivity (Wildman–Crippen MR) is 127 cm³/mol. The van der Waals surface area contributed by atoms with Gasteiger partial charge in [-0.25, -0.2) is 0 Å². The van der Waals surface area contributed by atoms with Gasteiger partial charge in [0, 0.05) is 37.6 Å². The SMILES string of the molecule is C=C(c1ccc(N(CC)CC)c(C)c1C)c1ccc(N(CC)CC)c(C)c1C. The van der Waals surface area contributed by atoms with Crippen molar-refractivity contribution in [3.63, 3.8) is 0 Å². The molecule has 28 heavy (non-hydrogen) atoms. The molecule has 0 atom stereocenters. The number of rotatable bonds is 8. The maximum absolute atomic E-state index is 4.50. The molecule has 0 N–H and O–H groups in total. The molecule has 0 spiro atoms. The lowest BCUT2D eigenvalue weighted by atomic mass is 9.88. The first kappa shape index (κ1) is 22.1. The van der Waals surface area contributed by atoms with E-state index in [0.29, 0.717) is 0 Å². The quantitative estimate of drug-likeness (QED) is 0.506. The Balaban J connectivity index is 2.50. The molecular formula is C26H38N2. The van der Waals surface area contributed by atoms with Gasteiger partial charge in [-0.05, 0) is 106 Å². The Labute approximate surface area is 172 Å². The zero-order chi connectivity index (χ0) is 21.0. The molecule has 0 aromatic heterocycles. The van der Waals surface area contributed by atoms with E-state index < -0.39 is 0 Å². The molecule has 2 aromatic carbocycles. The lowest BCUT2D eigenvalue weighted by Gasteiger charge is -2.27. The van der Waals surface area contributed by atoms with E-state index in [0.717, 1.165) is 31.8 Å². The van der Waals surface area contributed by atoms with Crippen LogP contribution in [-0.2, 0) is 0 Å². The summed E-state index contributed by atoms with van der Waals surface area (Å²) in [5, 5.41) is 0. The summed E-state index contributed by atoms with van der Waals surface area (Å²) in [5.41, 5.74) is 11.7. The van der Waals surface area contributed by atoms with Crippen molar-refractivity contribution in [3.05, 3.63) is 64.2 Å². The molecule has 152 valence electrons. The molecule has 0 saturated heterocycles. The second-order valence-corrected chi connectivity index (χ2v) is 7.59. The summed E-state index contributed by atoms with van der Waals surface area (Å²) in [7, 11) is 0. The number of hydrogen-bond donors (Lipinski definition) is 0. The minimum Gasteiger partial charge on any atom is -0.372 e. The average molecular weight is 379 g/mol. The molecular weight excluding hydrogens is 340 g/mol. The van der Waals surface area contributed by atoms with Crippen LogP contribution in [0.4, 0.5) is 11.4 Å². The fourth-order valence-electron chi connectivity index (χ4n) is 4.23. The molecule has 0 bridgehead atoms. The lowest BCUT2D eigenvalue weighted by molar-refractivity contribution is 0.860. The van der Waals surface area contributed by atoms with E-state index in [9.17, 15) is 0 Å². The van der Waals surface area contributed by atoms with E-state index in [1.807, 2.05) is 0 Å². The highest BCUT2D eigenvalue weighted by Crippen LogP contribution is 2.35. The number of benzene rings is 2. The van der Waals surface area contributed by atoms with Gasteiger partial charge in [-0.2, -0.15) is 0 Å². The summed E-state index contributed by atoms with van der Waals surface area (Å²) in [4.78, 5) is 4.84. The average Bonchev–Trinajstić information content (AvgIpc) is 2.69. The van der Waals surface area contributed by atoms with Gasteiger partial charge < -0.3 is 9.80 Å². The lowest BCUT2D eigenvalue weighted by Crippen LogP contribution is -2.23. The second-order valence-electron chi connectivity index (χ2n) is 7.59. The van der Waals surface area contributed by atoms with E-state index in [1.54, 1.807) is 0 Å². The summed E-state index contributed by atoms with van der Waals surface area (Å²) in [5.74, 6) is 0. The summed E-state index contributed by atoms with van der Waals surface area (Å²) >= 11 is 0. The molecule has 0 amide bonds. The molecule has 2 nitrogen and oxygen atoms in total. The van der Waals surface area contributed by atoms with Crippen LogP contribution < -0.4 is 9.80 Å². The van der Waals surface area contributed by atoms with Crippen molar-refractivity contribution in [2.75, 3.05) is 36.0 Å². The van der Waals surface area contributed by atoms with Crippen molar-refractivity contribution in [2.24, 2.45) is 0 Å². The highest BCUT2D eigenvalue weighted by molar-refractivity contribution is 5.84. The topological polar surface area (TPSA) is 6.48 Å². The summed E-state index contributed by atoms with van der Waals surface area (Å²) in [6, 6.07) is 9.04. The van der Waals surface area contributed by atoms with E-state index in [4.69, 9.17) is 0 Å². The van der Waals surface area contributed by atoms with E-state index in [2.05, 4.69) is 96.0 Å². The van der Waals surface area contributed by atoms with Crippen LogP contribution in [0.5, 0.6) is 0 Å². The molecule has 0 fully saturated rings. The molecule has 2 heteroatoms. The van der Waals surface area contributed by atoms with Crippen LogP contribution in [0.25, 0.3) is 5.57 Å². The van der Waals surface area contributed by atoms with Crippen LogP contribution in [0.1, 0.15) is 61.1 Å². The van der Waals surface area contributed by atoms with Crippen LogP contribution >= 0.6 is 0 Å². The first-order chi connectivity index (χ1) is 13.3. The number of nitrogens with zero attached hydrogens (tertiary/aromatic N) is 2. The van der Waals surface area contributed by atoms with Gasteiger partial charge in [-0.3, -0.25) is 0 Å². The molecule has 0 aliphatic carbocycles. The third kappa shape index (κ3) is 3.97. The Hall–Kier alpha value is -2.22. The molecule has 0 aliphatic heterocycles. The molecule has 2 rings (SSSR count). The maximum Gasteiger partial charge on any atom is 0.0398 e. The Kier molecular flexibility index (Phi) is 7.35. The molecule has 2 aromatic rings. The van der Waals surface area contributed by atoms with Gasteiger partial charge in [0.05, 0.1) is 0 Å². The van der Waals surface area contributed by atoms with Crippen molar-refractivity contribution in [3.8, 4) is 0 Å². The molecule has 0 unspecified atom stereocenters. The monoisotopic (exact) mass is 378 g/mol. The zero-order valence-corrected chi connectivity index (χ0v) is 19.2. The Morgan fingerprint density at radius 2 is 0.929 bits per heavy atom. The van der Waals surface area contributed by atoms with Crippen LogP contribution in [-0.4, -0.2) is 26.2 Å². The molecule has 0 aliphatic rings. The highest BCUT2D eigenvalue weighted by Gasteiger charge is 2.16. The molecule has 0 radical (unpaired) electrons. The van der Waals surface area contributed by atoms with Crippen molar-refractivity contribution < 1.29 is 0 Å². The third-order valence-electron chi connectivity index (χ3n) is 6.38. The third-order valence-corrected chi connectivity index (χ3v) is 6.38. The van der Waals surface area contributed by atoms with Crippen molar-refractivity contribution in [1.82, 2.24) is 0 Å². The maximum atomic E-state index is 4.50. The molecule has 0 heterocycles. The van der Waals surface area contributed by atoms with Crippen molar-refractivity contribution in [2.45, 2.75) is 55.4 Å². The Morgan fingerprint density at radius 1 is 0.607 bits per heavy atom. The normalized spacial score (nSPS) is 10.9. The van der Waals surface area contributed by atoms with Gasteiger partial charge in [-0.15, -0.1) is 0 Å². The summed E-state index contributed by atoms with van der Waals surface area (Å²) in [6.45, 7) is 26.4. The van der Waals surface area contributed by atoms with Gasteiger partial charge in [0.25, 0.3) is 0 Å². The standard InChI is InChI=1S/C26H38N2/c1-10-27(11-2)25-16-14-23(18(5)20(25)7)22(9)24-15-17-26(21(8)19(24)6)28(12-3)13-4/h14-17H,9-13H2,1-8H3. The van der Waals surface area contributed by atoms with Crippen molar-refractivity contribution >= 4 is 16.9 Å². The van der Waals surface area contributed by atoms with Gasteiger partial charge in [-0.1, -0.05) is 18.7 Å². The van der Waals surface area contributed by atoms with E-state index >= 15 is 0 Å². The van der Waals surface area contributed by atoms with Gasteiger partial charge in [0.15, 0.2) is 0 Å². The highest BCUT2D eigenvalue weighted by atomic mass is 15.1. The predicted octanol–water partition coefficient (Wildman–Crippen LogP) is 6.67. The first-order valence-corrected chi connectivity index (χ1v) is 10.7. The van der Waals surface area contributed by atoms with Gasteiger partial charge in [0.1, 0.15) is 0 Å². The van der Waals surface area contributed by atoms with Crippen LogP contribution in [0, 0.1) is 27.7 Å². The zero-order valence-electron chi connectivity index (χ0n) is 19.2. The van der Waals surface area contributed by atoms with Crippen LogP contribution in [0.2, 0.25) is 0 Å². The van der Waals surface area contributed by atoms with Crippen molar-refractivity contribution in [1.29, 1.82) is 0 Å². The summed E-state index contributed by atoms with van der Waals surface area (Å²) < 4.78 is 0. The smallest absolute Gasteiger partial charge is 0.0398 e. The minimum atomic E-state index is 1.03. The number of anilines is 2. The van der Waals surface area contributed by atoms with Gasteiger partial charge in [0.2, 0.25) is 0 Å². The first-order valence-electron chi connectivity index (χ1n) is 10.7. The second kappa shape index (κ2) is 9.32. The van der Waals surface area contributed by atoms with Crippen LogP contribution in [0.3, 0.4) is 0 Å². The van der Waals surface area contributed by atoms with Crippen LogP contribution in [0.15, 0.2) is 30.8 Å². The van der Waals surface area contributed by atoms with E-state index in [-0.39, 0.29) is 0 Å².